The van der Waals surface area contributed by atoms with Crippen LogP contribution in [0.15, 0.2) is 48.1 Å². The summed E-state index contributed by atoms with van der Waals surface area (Å²) in [6, 6.07) is 10.1. The molecule has 0 radical (unpaired) electrons. The molecule has 2 heterocycles. The third-order valence-electron chi connectivity index (χ3n) is 3.40. The number of pyridine rings is 1. The van der Waals surface area contributed by atoms with E-state index in [-0.39, 0.29) is 0 Å². The summed E-state index contributed by atoms with van der Waals surface area (Å²) in [5, 5.41) is 14.8. The van der Waals surface area contributed by atoms with Crippen molar-refractivity contribution in [3.8, 4) is 0 Å². The molecule has 3 heteroatoms. The molecule has 0 aliphatic rings. The van der Waals surface area contributed by atoms with Gasteiger partial charge in [0, 0.05) is 28.2 Å². The van der Waals surface area contributed by atoms with E-state index in [0.29, 0.717) is 0 Å². The maximum absolute atomic E-state index is 10.7. The highest BCUT2D eigenvalue weighted by Crippen LogP contribution is 2.33. The van der Waals surface area contributed by atoms with Crippen LogP contribution >= 0.6 is 11.3 Å². The van der Waals surface area contributed by atoms with E-state index in [4.69, 9.17) is 0 Å². The van der Waals surface area contributed by atoms with Gasteiger partial charge in [0.05, 0.1) is 0 Å². The van der Waals surface area contributed by atoms with Crippen LogP contribution in [0.4, 0.5) is 0 Å². The van der Waals surface area contributed by atoms with Crippen molar-refractivity contribution in [2.45, 2.75) is 19.4 Å². The van der Waals surface area contributed by atoms with E-state index in [2.05, 4.69) is 18.0 Å². The lowest BCUT2D eigenvalue weighted by molar-refractivity contribution is 0.224. The fraction of sp³-hybridized carbons (Fsp3) is 0.188. The molecule has 0 bridgehead atoms. The van der Waals surface area contributed by atoms with Crippen LogP contribution in [0.2, 0.25) is 0 Å². The van der Waals surface area contributed by atoms with Crippen molar-refractivity contribution in [2.75, 3.05) is 0 Å². The molecule has 3 aromatic rings. The van der Waals surface area contributed by atoms with E-state index in [1.54, 1.807) is 17.5 Å². The number of aliphatic hydroxyl groups excluding tert-OH is 1. The Kier molecular flexibility index (Phi) is 3.32. The average Bonchev–Trinajstić information content (AvgIpc) is 2.94. The van der Waals surface area contributed by atoms with E-state index in [1.165, 1.54) is 5.56 Å². The summed E-state index contributed by atoms with van der Waals surface area (Å²) < 4.78 is 0. The van der Waals surface area contributed by atoms with Gasteiger partial charge in [-0.25, -0.2) is 0 Å². The predicted octanol–water partition coefficient (Wildman–Crippen LogP) is 3.94. The summed E-state index contributed by atoms with van der Waals surface area (Å²) in [4.78, 5) is 5.27. The van der Waals surface area contributed by atoms with E-state index in [0.717, 1.165) is 27.6 Å². The van der Waals surface area contributed by atoms with Gasteiger partial charge in [-0.3, -0.25) is 4.98 Å². The summed E-state index contributed by atoms with van der Waals surface area (Å²) in [6.45, 7) is 2.11. The molecule has 1 unspecified atom stereocenters. The zero-order chi connectivity index (χ0) is 13.2. The van der Waals surface area contributed by atoms with E-state index < -0.39 is 6.10 Å². The number of aliphatic hydroxyl groups is 1. The number of aryl methyl sites for hydroxylation is 1. The van der Waals surface area contributed by atoms with Crippen LogP contribution < -0.4 is 0 Å². The number of nitrogens with zero attached hydrogens (tertiary/aromatic N) is 1. The van der Waals surface area contributed by atoms with Gasteiger partial charge in [0.15, 0.2) is 0 Å². The number of hydrogen-bond acceptors (Lipinski definition) is 3. The minimum Gasteiger partial charge on any atom is -0.383 e. The van der Waals surface area contributed by atoms with Crippen LogP contribution in [-0.2, 0) is 6.42 Å². The average molecular weight is 269 g/mol. The number of hydrogen-bond donors (Lipinski definition) is 1. The zero-order valence-electron chi connectivity index (χ0n) is 10.7. The van der Waals surface area contributed by atoms with Gasteiger partial charge in [-0.2, -0.15) is 0 Å². The Morgan fingerprint density at radius 3 is 2.89 bits per heavy atom. The summed E-state index contributed by atoms with van der Waals surface area (Å²) in [5.41, 5.74) is 2.10. The highest BCUT2D eigenvalue weighted by Gasteiger charge is 2.17. The molecule has 1 atom stereocenters. The Balaban J connectivity index is 2.14. The molecule has 0 spiro atoms. The Morgan fingerprint density at radius 1 is 1.21 bits per heavy atom. The summed E-state index contributed by atoms with van der Waals surface area (Å²) in [6.07, 6.45) is 3.95. The number of benzene rings is 1. The van der Waals surface area contributed by atoms with Crippen molar-refractivity contribution in [1.29, 1.82) is 0 Å². The van der Waals surface area contributed by atoms with Crippen LogP contribution in [-0.4, -0.2) is 10.1 Å². The van der Waals surface area contributed by atoms with E-state index >= 15 is 0 Å². The molecule has 0 aliphatic carbocycles. The van der Waals surface area contributed by atoms with E-state index in [9.17, 15) is 5.11 Å². The molecule has 0 aliphatic heterocycles. The molecule has 0 saturated carbocycles. The van der Waals surface area contributed by atoms with Crippen molar-refractivity contribution >= 4 is 22.1 Å². The maximum Gasteiger partial charge on any atom is 0.116 e. The quantitative estimate of drug-likeness (QED) is 0.781. The molecule has 2 nitrogen and oxygen atoms in total. The minimum atomic E-state index is -0.589. The summed E-state index contributed by atoms with van der Waals surface area (Å²) in [5.74, 6) is 0. The van der Waals surface area contributed by atoms with Gasteiger partial charge in [-0.15, -0.1) is 11.3 Å². The third kappa shape index (κ3) is 2.15. The number of thiophene rings is 1. The first-order valence-electron chi connectivity index (χ1n) is 6.38. The standard InChI is InChI=1S/C16H15NOS/c1-2-11-7-8-19-16(11)15(18)14-10-17-9-12-5-3-4-6-13(12)14/h3-10,15,18H,2H2,1H3. The highest BCUT2D eigenvalue weighted by atomic mass is 32.1. The van der Waals surface area contributed by atoms with Gasteiger partial charge in [0.2, 0.25) is 0 Å². The van der Waals surface area contributed by atoms with Crippen LogP contribution in [0.5, 0.6) is 0 Å². The first-order chi connectivity index (χ1) is 9.31. The van der Waals surface area contributed by atoms with Gasteiger partial charge in [-0.1, -0.05) is 31.2 Å². The minimum absolute atomic E-state index is 0.589. The summed E-state index contributed by atoms with van der Waals surface area (Å²) in [7, 11) is 0. The second-order valence-corrected chi connectivity index (χ2v) is 5.46. The normalized spacial score (nSPS) is 12.7. The zero-order valence-corrected chi connectivity index (χ0v) is 11.5. The Morgan fingerprint density at radius 2 is 2.05 bits per heavy atom. The SMILES string of the molecule is CCc1ccsc1C(O)c1cncc2ccccc12. The van der Waals surface area contributed by atoms with Gasteiger partial charge < -0.3 is 5.11 Å². The molecule has 1 aromatic carbocycles. The Hall–Kier alpha value is -1.71. The molecular formula is C16H15NOS. The fourth-order valence-electron chi connectivity index (χ4n) is 2.38. The monoisotopic (exact) mass is 269 g/mol. The number of fused-ring (bicyclic) bond motifs is 1. The molecule has 2 aromatic heterocycles. The topological polar surface area (TPSA) is 33.1 Å². The smallest absolute Gasteiger partial charge is 0.116 e. The van der Waals surface area contributed by atoms with Crippen molar-refractivity contribution in [1.82, 2.24) is 4.98 Å². The summed E-state index contributed by atoms with van der Waals surface area (Å²) >= 11 is 1.61. The lowest BCUT2D eigenvalue weighted by Crippen LogP contribution is -2.01. The first-order valence-corrected chi connectivity index (χ1v) is 7.26. The first kappa shape index (κ1) is 12.3. The Labute approximate surface area is 116 Å². The highest BCUT2D eigenvalue weighted by molar-refractivity contribution is 7.10. The van der Waals surface area contributed by atoms with Crippen LogP contribution in [0.25, 0.3) is 10.8 Å². The van der Waals surface area contributed by atoms with Crippen LogP contribution in [0, 0.1) is 0 Å². The van der Waals surface area contributed by atoms with Crippen molar-refractivity contribution in [2.24, 2.45) is 0 Å². The van der Waals surface area contributed by atoms with Gasteiger partial charge >= 0.3 is 0 Å². The predicted molar refractivity (Wildman–Crippen MR) is 79.5 cm³/mol. The van der Waals surface area contributed by atoms with Crippen molar-refractivity contribution in [3.05, 3.63) is 64.1 Å². The van der Waals surface area contributed by atoms with Crippen LogP contribution in [0.3, 0.4) is 0 Å². The maximum atomic E-state index is 10.7. The lowest BCUT2D eigenvalue weighted by Gasteiger charge is -2.13. The van der Waals surface area contributed by atoms with Crippen molar-refractivity contribution in [3.63, 3.8) is 0 Å². The number of rotatable bonds is 3. The molecule has 0 fully saturated rings. The second-order valence-electron chi connectivity index (χ2n) is 4.52. The van der Waals surface area contributed by atoms with Crippen LogP contribution in [0.1, 0.15) is 29.0 Å². The van der Waals surface area contributed by atoms with Gasteiger partial charge in [0.25, 0.3) is 0 Å². The largest absolute Gasteiger partial charge is 0.383 e. The lowest BCUT2D eigenvalue weighted by atomic mass is 10.0. The molecule has 19 heavy (non-hydrogen) atoms. The molecule has 3 rings (SSSR count). The van der Waals surface area contributed by atoms with Gasteiger partial charge in [-0.05, 0) is 28.8 Å². The number of aromatic nitrogens is 1. The Bertz CT molecular complexity index is 699. The molecule has 0 amide bonds. The van der Waals surface area contributed by atoms with Gasteiger partial charge in [0.1, 0.15) is 6.10 Å². The molecule has 0 saturated heterocycles. The van der Waals surface area contributed by atoms with E-state index in [1.807, 2.05) is 35.8 Å². The van der Waals surface area contributed by atoms with Crippen molar-refractivity contribution < 1.29 is 5.11 Å². The molecule has 96 valence electrons. The molecule has 1 N–H and O–H groups in total. The third-order valence-corrected chi connectivity index (χ3v) is 4.42. The second kappa shape index (κ2) is 5.11. The molecular weight excluding hydrogens is 254 g/mol. The fourth-order valence-corrected chi connectivity index (χ4v) is 3.38.